The lowest BCUT2D eigenvalue weighted by Crippen LogP contribution is -2.42. The van der Waals surface area contributed by atoms with Crippen LogP contribution in [0.25, 0.3) is 6.08 Å². The minimum Gasteiger partial charge on any atom is -0.457 e. The smallest absolute Gasteiger partial charge is 0.324 e. The van der Waals surface area contributed by atoms with Gasteiger partial charge in [0.2, 0.25) is 5.88 Å². The molecule has 1 N–H and O–H groups in total. The highest BCUT2D eigenvalue weighted by atomic mass is 19.2. The molecule has 9 heteroatoms. The number of aromatic nitrogens is 1. The first-order valence-electron chi connectivity index (χ1n) is 10.6. The van der Waals surface area contributed by atoms with Gasteiger partial charge >= 0.3 is 6.03 Å². The van der Waals surface area contributed by atoms with E-state index >= 15 is 0 Å². The van der Waals surface area contributed by atoms with Crippen molar-refractivity contribution in [3.8, 4) is 5.75 Å². The zero-order valence-corrected chi connectivity index (χ0v) is 18.4. The molecule has 1 saturated heterocycles. The number of halogens is 3. The molecule has 1 fully saturated rings. The number of alkyl halides is 3. The third kappa shape index (κ3) is 5.83. The average Bonchev–Trinajstić information content (AvgIpc) is 3.07. The largest absolute Gasteiger partial charge is 0.457 e. The Morgan fingerprint density at radius 3 is 2.84 bits per heavy atom. The summed E-state index contributed by atoms with van der Waals surface area (Å²) in [6.07, 6.45) is -2.13. The van der Waals surface area contributed by atoms with Gasteiger partial charge in [-0.05, 0) is 43.9 Å². The number of benzene rings is 1. The Kier molecular flexibility index (Phi) is 7.82. The number of carbonyl (C=O) groups is 1. The number of aryl methyl sites for hydroxylation is 1. The molecule has 0 bridgehead atoms. The molecule has 0 radical (unpaired) electrons. The van der Waals surface area contributed by atoms with Crippen molar-refractivity contribution in [2.75, 3.05) is 25.1 Å². The topological polar surface area (TPSA) is 67.6 Å². The monoisotopic (exact) mass is 451 g/mol. The first-order chi connectivity index (χ1) is 15.3. The van der Waals surface area contributed by atoms with E-state index in [1.54, 1.807) is 17.0 Å². The van der Waals surface area contributed by atoms with E-state index < -0.39 is 25.6 Å². The molecule has 3 unspecified atom stereocenters. The van der Waals surface area contributed by atoms with E-state index in [-0.39, 0.29) is 17.7 Å². The molecule has 0 saturated carbocycles. The summed E-state index contributed by atoms with van der Waals surface area (Å²) in [6.45, 7) is 5.78. The van der Waals surface area contributed by atoms with E-state index in [0.29, 0.717) is 25.4 Å². The molecule has 1 aromatic carbocycles. The summed E-state index contributed by atoms with van der Waals surface area (Å²) in [5.74, 6) is 0.632. The van der Waals surface area contributed by atoms with Gasteiger partial charge in [-0.25, -0.2) is 9.18 Å². The molecular formula is C23H28F3N3O3. The normalized spacial score (nSPS) is 19.6. The van der Waals surface area contributed by atoms with Crippen LogP contribution in [0, 0.1) is 19.8 Å². The van der Waals surface area contributed by atoms with Crippen LogP contribution in [0.5, 0.6) is 5.75 Å². The Balaban J connectivity index is 1.61. The summed E-state index contributed by atoms with van der Waals surface area (Å²) in [5.41, 5.74) is 3.44. The van der Waals surface area contributed by atoms with E-state index in [9.17, 15) is 18.0 Å². The minimum absolute atomic E-state index is 0.102. The quantitative estimate of drug-likeness (QED) is 0.593. The lowest BCUT2D eigenvalue weighted by molar-refractivity contribution is -0.0111. The molecule has 174 valence electrons. The average molecular weight is 451 g/mol. The minimum atomic E-state index is -2.22. The van der Waals surface area contributed by atoms with E-state index in [1.165, 1.54) is 6.07 Å². The van der Waals surface area contributed by atoms with Crippen LogP contribution in [-0.2, 0) is 0 Å². The van der Waals surface area contributed by atoms with Gasteiger partial charge in [-0.1, -0.05) is 35.9 Å². The van der Waals surface area contributed by atoms with E-state index in [0.717, 1.165) is 22.4 Å². The van der Waals surface area contributed by atoms with Crippen molar-refractivity contribution in [1.29, 1.82) is 0 Å². The van der Waals surface area contributed by atoms with Gasteiger partial charge in [0.15, 0.2) is 6.17 Å². The molecule has 0 spiro atoms. The van der Waals surface area contributed by atoms with Gasteiger partial charge in [0.05, 0.1) is 12.4 Å². The molecule has 0 aliphatic carbocycles. The van der Waals surface area contributed by atoms with Gasteiger partial charge in [0, 0.05) is 25.1 Å². The first kappa shape index (κ1) is 23.7. The molecule has 1 aliphatic heterocycles. The number of likely N-dealkylation sites (tertiary alicyclic amines) is 1. The standard InChI is InChI=1S/C23H28F3N3O3/c1-14-13-29(23(30)27-22-15(2)16(3)28-32-22)10-8-18(14)11-17-5-4-6-19(12-17)31-21(26)20(25)7-9-24/h4-6,11-12,14,20-21H,7-10,13H2,1-3H3,(H,27,30). The molecule has 1 aliphatic rings. The summed E-state index contributed by atoms with van der Waals surface area (Å²) < 4.78 is 49.6. The van der Waals surface area contributed by atoms with E-state index in [2.05, 4.69) is 10.5 Å². The van der Waals surface area contributed by atoms with Crippen LogP contribution in [0.3, 0.4) is 0 Å². The van der Waals surface area contributed by atoms with Gasteiger partial charge in [-0.15, -0.1) is 0 Å². The number of hydrogen-bond acceptors (Lipinski definition) is 4. The molecule has 2 aromatic rings. The fraction of sp³-hybridized carbons (Fsp3) is 0.478. The number of urea groups is 1. The van der Waals surface area contributed by atoms with Crippen LogP contribution in [0.2, 0.25) is 0 Å². The number of hydrogen-bond donors (Lipinski definition) is 1. The predicted octanol–water partition coefficient (Wildman–Crippen LogP) is 5.62. The van der Waals surface area contributed by atoms with Crippen molar-refractivity contribution in [2.45, 2.75) is 46.1 Å². The highest BCUT2D eigenvalue weighted by Gasteiger charge is 2.26. The number of nitrogens with one attached hydrogen (secondary N) is 1. The Morgan fingerprint density at radius 1 is 1.41 bits per heavy atom. The lowest BCUT2D eigenvalue weighted by atomic mass is 9.91. The van der Waals surface area contributed by atoms with Crippen molar-refractivity contribution in [3.05, 3.63) is 46.7 Å². The Hall–Kier alpha value is -2.97. The fourth-order valence-electron chi connectivity index (χ4n) is 3.49. The zero-order chi connectivity index (χ0) is 23.3. The van der Waals surface area contributed by atoms with Crippen LogP contribution in [0.1, 0.15) is 36.6 Å². The predicted molar refractivity (Wildman–Crippen MR) is 116 cm³/mol. The van der Waals surface area contributed by atoms with Gasteiger partial charge in [0.1, 0.15) is 5.75 Å². The van der Waals surface area contributed by atoms with Gasteiger partial charge < -0.3 is 14.2 Å². The number of rotatable bonds is 7. The Labute approximate surface area is 185 Å². The summed E-state index contributed by atoms with van der Waals surface area (Å²) in [4.78, 5) is 14.3. The molecule has 32 heavy (non-hydrogen) atoms. The molecule has 2 amide bonds. The van der Waals surface area contributed by atoms with E-state index in [4.69, 9.17) is 9.26 Å². The molecule has 3 rings (SSSR count). The van der Waals surface area contributed by atoms with Gasteiger partial charge in [-0.3, -0.25) is 9.71 Å². The number of carbonyl (C=O) groups excluding carboxylic acids is 1. The number of anilines is 1. The highest BCUT2D eigenvalue weighted by molar-refractivity contribution is 5.88. The summed E-state index contributed by atoms with van der Waals surface area (Å²) in [7, 11) is 0. The number of amides is 2. The van der Waals surface area contributed by atoms with Crippen LogP contribution in [-0.4, -0.2) is 48.4 Å². The third-order valence-electron chi connectivity index (χ3n) is 5.59. The summed E-state index contributed by atoms with van der Waals surface area (Å²) >= 11 is 0. The van der Waals surface area contributed by atoms with E-state index in [1.807, 2.05) is 32.9 Å². The molecule has 3 atom stereocenters. The summed E-state index contributed by atoms with van der Waals surface area (Å²) in [6, 6.07) is 6.42. The second-order valence-electron chi connectivity index (χ2n) is 8.00. The second kappa shape index (κ2) is 10.6. The van der Waals surface area contributed by atoms with Crippen molar-refractivity contribution in [3.63, 3.8) is 0 Å². The Morgan fingerprint density at radius 2 is 2.19 bits per heavy atom. The molecular weight excluding hydrogens is 423 g/mol. The lowest BCUT2D eigenvalue weighted by Gasteiger charge is -2.33. The van der Waals surface area contributed by atoms with Crippen molar-refractivity contribution >= 4 is 18.0 Å². The fourth-order valence-corrected chi connectivity index (χ4v) is 3.49. The number of nitrogens with zero attached hydrogens (tertiary/aromatic N) is 2. The molecule has 6 nitrogen and oxygen atoms in total. The Bertz CT molecular complexity index is 963. The molecule has 2 heterocycles. The van der Waals surface area contributed by atoms with Crippen LogP contribution in [0.15, 0.2) is 34.4 Å². The first-order valence-corrected chi connectivity index (χ1v) is 10.6. The molecule has 1 aromatic heterocycles. The maximum atomic E-state index is 13.8. The maximum Gasteiger partial charge on any atom is 0.324 e. The number of piperidine rings is 1. The van der Waals surface area contributed by atoms with Gasteiger partial charge in [0.25, 0.3) is 6.36 Å². The maximum absolute atomic E-state index is 13.8. The van der Waals surface area contributed by atoms with Crippen molar-refractivity contribution < 1.29 is 27.2 Å². The highest BCUT2D eigenvalue weighted by Crippen LogP contribution is 2.27. The summed E-state index contributed by atoms with van der Waals surface area (Å²) in [5, 5.41) is 6.61. The SMILES string of the molecule is Cc1noc(NC(=O)N2CCC(=Cc3cccc(OC(F)C(F)CCF)c3)C(C)C2)c1C. The van der Waals surface area contributed by atoms with Crippen LogP contribution in [0.4, 0.5) is 23.8 Å². The van der Waals surface area contributed by atoms with Crippen molar-refractivity contribution in [2.24, 2.45) is 5.92 Å². The zero-order valence-electron chi connectivity index (χ0n) is 18.4. The van der Waals surface area contributed by atoms with Crippen molar-refractivity contribution in [1.82, 2.24) is 10.1 Å². The van der Waals surface area contributed by atoms with Crippen LogP contribution >= 0.6 is 0 Å². The third-order valence-corrected chi connectivity index (χ3v) is 5.59. The number of ether oxygens (including phenoxy) is 1. The second-order valence-corrected chi connectivity index (χ2v) is 8.00. The van der Waals surface area contributed by atoms with Gasteiger partial charge in [-0.2, -0.15) is 4.39 Å². The van der Waals surface area contributed by atoms with Crippen LogP contribution < -0.4 is 10.1 Å².